The van der Waals surface area contributed by atoms with Gasteiger partial charge in [-0.3, -0.25) is 19.6 Å². The summed E-state index contributed by atoms with van der Waals surface area (Å²) in [6.45, 7) is 2.22. The summed E-state index contributed by atoms with van der Waals surface area (Å²) in [4.78, 5) is 36.4. The number of carbonyl (C=O) groups excluding carboxylic acids is 2. The van der Waals surface area contributed by atoms with Crippen LogP contribution < -0.4 is 10.6 Å². The molecule has 0 saturated carbocycles. The molecule has 9 nitrogen and oxygen atoms in total. The number of hydrogen-bond acceptors (Lipinski definition) is 5. The highest BCUT2D eigenvalue weighted by Crippen LogP contribution is 2.44. The van der Waals surface area contributed by atoms with E-state index in [0.29, 0.717) is 6.42 Å². The molecule has 0 radical (unpaired) electrons. The first kappa shape index (κ1) is 24.0. The van der Waals surface area contributed by atoms with Gasteiger partial charge >= 0.3 is 12.1 Å². The maximum atomic E-state index is 12.8. The van der Waals surface area contributed by atoms with Gasteiger partial charge in [0.1, 0.15) is 12.3 Å². The van der Waals surface area contributed by atoms with Gasteiger partial charge in [-0.05, 0) is 28.2 Å². The number of aliphatic carboxylic acids is 1. The standard InChI is InChI=1S/C26H28N4O5/c1-3-16(12-23(31)32)13-27-25(33)24-22(14-28-30(24)2)29-26(34)35-15-21-19-10-6-4-8-17(19)18-9-5-7-11-20(18)21/h4-11,14,16,21H,3,12-13,15H2,1-2H3,(H,27,33)(H,29,34)(H,31,32). The first-order chi connectivity index (χ1) is 16.9. The van der Waals surface area contributed by atoms with Gasteiger partial charge in [0.15, 0.2) is 0 Å². The van der Waals surface area contributed by atoms with E-state index in [0.717, 1.165) is 22.3 Å². The van der Waals surface area contributed by atoms with Gasteiger partial charge in [-0.1, -0.05) is 61.9 Å². The Hall–Kier alpha value is -4.14. The minimum absolute atomic E-state index is 0.0347. The number of aromatic nitrogens is 2. The van der Waals surface area contributed by atoms with Crippen LogP contribution in [-0.2, 0) is 16.6 Å². The second-order valence-corrected chi connectivity index (χ2v) is 8.56. The van der Waals surface area contributed by atoms with Crippen LogP contribution in [0.25, 0.3) is 11.1 Å². The molecule has 1 heterocycles. The number of carbonyl (C=O) groups is 3. The van der Waals surface area contributed by atoms with Gasteiger partial charge in [0, 0.05) is 25.9 Å². The van der Waals surface area contributed by atoms with Crippen LogP contribution in [0.15, 0.2) is 54.7 Å². The molecule has 3 N–H and O–H groups in total. The first-order valence-corrected chi connectivity index (χ1v) is 11.5. The molecule has 35 heavy (non-hydrogen) atoms. The van der Waals surface area contributed by atoms with E-state index in [1.54, 1.807) is 7.05 Å². The van der Waals surface area contributed by atoms with Crippen LogP contribution in [0.1, 0.15) is 47.3 Å². The zero-order valence-electron chi connectivity index (χ0n) is 19.7. The lowest BCUT2D eigenvalue weighted by molar-refractivity contribution is -0.138. The van der Waals surface area contributed by atoms with Crippen LogP contribution in [0.5, 0.6) is 0 Å². The quantitative estimate of drug-likeness (QED) is 0.429. The fraction of sp³-hybridized carbons (Fsp3) is 0.308. The van der Waals surface area contributed by atoms with Crippen molar-refractivity contribution in [2.24, 2.45) is 13.0 Å². The number of benzene rings is 2. The molecule has 1 aliphatic carbocycles. The third-order valence-electron chi connectivity index (χ3n) is 6.33. The van der Waals surface area contributed by atoms with E-state index in [4.69, 9.17) is 9.84 Å². The van der Waals surface area contributed by atoms with Crippen LogP contribution in [0.3, 0.4) is 0 Å². The Kier molecular flexibility index (Phi) is 7.14. The molecule has 3 aromatic rings. The van der Waals surface area contributed by atoms with Gasteiger partial charge in [0.2, 0.25) is 0 Å². The number of nitrogens with zero attached hydrogens (tertiary/aromatic N) is 2. The van der Waals surface area contributed by atoms with Gasteiger partial charge in [-0.25, -0.2) is 4.79 Å². The molecule has 2 amide bonds. The first-order valence-electron chi connectivity index (χ1n) is 11.5. The maximum Gasteiger partial charge on any atom is 0.411 e. The molecule has 182 valence electrons. The summed E-state index contributed by atoms with van der Waals surface area (Å²) in [7, 11) is 1.59. The zero-order valence-corrected chi connectivity index (χ0v) is 19.7. The van der Waals surface area contributed by atoms with E-state index in [9.17, 15) is 14.4 Å². The zero-order chi connectivity index (χ0) is 24.9. The second kappa shape index (κ2) is 10.4. The second-order valence-electron chi connectivity index (χ2n) is 8.56. The van der Waals surface area contributed by atoms with Gasteiger partial charge < -0.3 is 15.2 Å². The number of fused-ring (bicyclic) bond motifs is 3. The molecule has 1 aliphatic rings. The van der Waals surface area contributed by atoms with E-state index < -0.39 is 18.0 Å². The monoisotopic (exact) mass is 476 g/mol. The molecule has 0 bridgehead atoms. The van der Waals surface area contributed by atoms with Crippen molar-refractivity contribution in [3.05, 3.63) is 71.5 Å². The molecular weight excluding hydrogens is 448 g/mol. The van der Waals surface area contributed by atoms with Crippen LogP contribution in [-0.4, -0.2) is 46.0 Å². The number of carboxylic acids is 1. The number of rotatable bonds is 9. The van der Waals surface area contributed by atoms with E-state index >= 15 is 0 Å². The highest BCUT2D eigenvalue weighted by atomic mass is 16.5. The van der Waals surface area contributed by atoms with Crippen molar-refractivity contribution in [1.29, 1.82) is 0 Å². The van der Waals surface area contributed by atoms with Crippen molar-refractivity contribution in [2.45, 2.75) is 25.7 Å². The molecule has 0 aliphatic heterocycles. The summed E-state index contributed by atoms with van der Waals surface area (Å²) in [5, 5.41) is 18.4. The number of hydrogen-bond donors (Lipinski definition) is 3. The van der Waals surface area contributed by atoms with Crippen LogP contribution in [0.4, 0.5) is 10.5 Å². The summed E-state index contributed by atoms with van der Waals surface area (Å²) < 4.78 is 6.92. The Morgan fingerprint density at radius 3 is 2.31 bits per heavy atom. The van der Waals surface area contributed by atoms with Gasteiger partial charge in [0.25, 0.3) is 5.91 Å². The van der Waals surface area contributed by atoms with Crippen LogP contribution >= 0.6 is 0 Å². The molecule has 0 saturated heterocycles. The van der Waals surface area contributed by atoms with E-state index in [-0.39, 0.29) is 42.8 Å². The fourth-order valence-electron chi connectivity index (χ4n) is 4.47. The topological polar surface area (TPSA) is 123 Å². The summed E-state index contributed by atoms with van der Waals surface area (Å²) in [5.74, 6) is -1.64. The van der Waals surface area contributed by atoms with E-state index in [1.807, 2.05) is 43.3 Å². The Morgan fingerprint density at radius 1 is 1.09 bits per heavy atom. The largest absolute Gasteiger partial charge is 0.481 e. The molecule has 9 heteroatoms. The lowest BCUT2D eigenvalue weighted by atomic mass is 9.98. The number of aryl methyl sites for hydroxylation is 1. The average molecular weight is 477 g/mol. The maximum absolute atomic E-state index is 12.8. The molecule has 0 fully saturated rings. The van der Waals surface area contributed by atoms with Crippen molar-refractivity contribution < 1.29 is 24.2 Å². The molecule has 1 aromatic heterocycles. The van der Waals surface area contributed by atoms with Gasteiger partial charge in [-0.2, -0.15) is 5.10 Å². The smallest absolute Gasteiger partial charge is 0.411 e. The van der Waals surface area contributed by atoms with Gasteiger partial charge in [0.05, 0.1) is 11.9 Å². The van der Waals surface area contributed by atoms with Crippen LogP contribution in [0, 0.1) is 5.92 Å². The predicted octanol–water partition coefficient (Wildman–Crippen LogP) is 4.01. The minimum Gasteiger partial charge on any atom is -0.481 e. The number of carboxylic acid groups (broad SMARTS) is 1. The Morgan fingerprint density at radius 2 is 1.71 bits per heavy atom. The third kappa shape index (κ3) is 5.18. The number of amides is 2. The Bertz CT molecular complexity index is 1210. The Labute approximate surface area is 203 Å². The Balaban J connectivity index is 1.40. The van der Waals surface area contributed by atoms with E-state index in [1.165, 1.54) is 10.9 Å². The molecular formula is C26H28N4O5. The molecule has 2 aromatic carbocycles. The number of anilines is 1. The highest BCUT2D eigenvalue weighted by Gasteiger charge is 2.29. The fourth-order valence-corrected chi connectivity index (χ4v) is 4.47. The molecule has 1 unspecified atom stereocenters. The summed E-state index contributed by atoms with van der Waals surface area (Å²) in [6.07, 6.45) is 1.27. The van der Waals surface area contributed by atoms with Crippen molar-refractivity contribution in [3.8, 4) is 11.1 Å². The van der Waals surface area contributed by atoms with E-state index in [2.05, 4.69) is 27.9 Å². The number of nitrogens with one attached hydrogen (secondary N) is 2. The molecule has 0 spiro atoms. The third-order valence-corrected chi connectivity index (χ3v) is 6.33. The van der Waals surface area contributed by atoms with Crippen molar-refractivity contribution >= 4 is 23.7 Å². The summed E-state index contributed by atoms with van der Waals surface area (Å²) >= 11 is 0. The average Bonchev–Trinajstić information content (AvgIpc) is 3.37. The van der Waals surface area contributed by atoms with Crippen molar-refractivity contribution in [1.82, 2.24) is 15.1 Å². The lowest BCUT2D eigenvalue weighted by Crippen LogP contribution is -2.32. The van der Waals surface area contributed by atoms with Crippen molar-refractivity contribution in [3.63, 3.8) is 0 Å². The van der Waals surface area contributed by atoms with Gasteiger partial charge in [-0.15, -0.1) is 0 Å². The predicted molar refractivity (Wildman–Crippen MR) is 130 cm³/mol. The SMILES string of the molecule is CCC(CNC(=O)c1c(NC(=O)OCC2c3ccccc3-c3ccccc32)cnn1C)CC(=O)O. The number of ether oxygens (including phenoxy) is 1. The van der Waals surface area contributed by atoms with Crippen LogP contribution in [0.2, 0.25) is 0 Å². The molecule has 4 rings (SSSR count). The summed E-state index contributed by atoms with van der Waals surface area (Å²) in [6, 6.07) is 16.1. The minimum atomic E-state index is -0.913. The normalized spacial score (nSPS) is 13.0. The summed E-state index contributed by atoms with van der Waals surface area (Å²) in [5.41, 5.74) is 4.86. The molecule has 1 atom stereocenters. The lowest BCUT2D eigenvalue weighted by Gasteiger charge is -2.15. The highest BCUT2D eigenvalue weighted by molar-refractivity contribution is 6.01. The van der Waals surface area contributed by atoms with Crippen molar-refractivity contribution in [2.75, 3.05) is 18.5 Å².